The molecule has 1 aromatic rings. The topological polar surface area (TPSA) is 45.2 Å². The van der Waals surface area contributed by atoms with Crippen LogP contribution >= 0.6 is 0 Å². The van der Waals surface area contributed by atoms with Gasteiger partial charge in [-0.2, -0.15) is 0 Å². The molecule has 0 unspecified atom stereocenters. The molecule has 1 aliphatic rings. The molecule has 0 saturated carbocycles. The predicted octanol–water partition coefficient (Wildman–Crippen LogP) is 2.72. The zero-order valence-corrected chi connectivity index (χ0v) is 17.5. The maximum absolute atomic E-state index is 12.1. The van der Waals surface area contributed by atoms with E-state index in [0.717, 1.165) is 51.4 Å². The first kappa shape index (κ1) is 21.5. The van der Waals surface area contributed by atoms with Gasteiger partial charge in [-0.25, -0.2) is 4.79 Å². The van der Waals surface area contributed by atoms with Crippen LogP contribution in [0.25, 0.3) is 0 Å². The molecule has 1 amide bonds. The van der Waals surface area contributed by atoms with Crippen molar-refractivity contribution in [3.8, 4) is 5.75 Å². The fourth-order valence-electron chi connectivity index (χ4n) is 2.87. The molecule has 1 heterocycles. The van der Waals surface area contributed by atoms with E-state index in [2.05, 4.69) is 21.9 Å². The highest BCUT2D eigenvalue weighted by Crippen LogP contribution is 2.14. The Labute approximate surface area is 164 Å². The highest BCUT2D eigenvalue weighted by atomic mass is 16.6. The fourth-order valence-corrected chi connectivity index (χ4v) is 2.87. The summed E-state index contributed by atoms with van der Waals surface area (Å²) in [7, 11) is 4.08. The minimum absolute atomic E-state index is 0.202. The van der Waals surface area contributed by atoms with Gasteiger partial charge < -0.3 is 19.3 Å². The SMILES string of the molecule is CN(C)CCOc1ccc(CCN2CCN(C(=O)OC(C)(C)C)CC2)cc1. The molecule has 6 heteroatoms. The molecule has 0 atom stereocenters. The quantitative estimate of drug-likeness (QED) is 0.731. The molecule has 0 bridgehead atoms. The normalized spacial score (nSPS) is 15.9. The molecule has 0 aliphatic carbocycles. The van der Waals surface area contributed by atoms with Crippen molar-refractivity contribution in [3.05, 3.63) is 29.8 Å². The molecule has 1 aromatic carbocycles. The molecule has 1 aliphatic heterocycles. The van der Waals surface area contributed by atoms with Crippen LogP contribution in [0.15, 0.2) is 24.3 Å². The summed E-state index contributed by atoms with van der Waals surface area (Å²) in [6, 6.07) is 8.38. The summed E-state index contributed by atoms with van der Waals surface area (Å²) in [5.74, 6) is 0.923. The molecule has 2 rings (SSSR count). The molecule has 152 valence electrons. The predicted molar refractivity (Wildman–Crippen MR) is 108 cm³/mol. The van der Waals surface area contributed by atoms with Gasteiger partial charge in [-0.3, -0.25) is 4.90 Å². The maximum Gasteiger partial charge on any atom is 0.410 e. The first-order valence-electron chi connectivity index (χ1n) is 9.80. The van der Waals surface area contributed by atoms with E-state index >= 15 is 0 Å². The third-order valence-electron chi connectivity index (χ3n) is 4.47. The number of amides is 1. The van der Waals surface area contributed by atoms with Gasteiger partial charge in [0.2, 0.25) is 0 Å². The summed E-state index contributed by atoms with van der Waals surface area (Å²) in [6.45, 7) is 11.6. The van der Waals surface area contributed by atoms with E-state index in [1.54, 1.807) is 0 Å². The van der Waals surface area contributed by atoms with E-state index in [-0.39, 0.29) is 6.09 Å². The number of nitrogens with zero attached hydrogens (tertiary/aromatic N) is 3. The number of benzene rings is 1. The van der Waals surface area contributed by atoms with Gasteiger partial charge in [0.05, 0.1) is 0 Å². The highest BCUT2D eigenvalue weighted by molar-refractivity contribution is 5.68. The molecule has 0 N–H and O–H groups in total. The molecule has 1 saturated heterocycles. The second kappa shape index (κ2) is 9.95. The molecular formula is C21H35N3O3. The van der Waals surface area contributed by atoms with Crippen LogP contribution in [0.1, 0.15) is 26.3 Å². The van der Waals surface area contributed by atoms with Crippen molar-refractivity contribution in [1.82, 2.24) is 14.7 Å². The van der Waals surface area contributed by atoms with E-state index in [9.17, 15) is 4.79 Å². The Morgan fingerprint density at radius 1 is 1.07 bits per heavy atom. The number of carbonyl (C=O) groups is 1. The molecule has 0 aromatic heterocycles. The average Bonchev–Trinajstić information content (AvgIpc) is 2.60. The second-order valence-corrected chi connectivity index (χ2v) is 8.35. The molecular weight excluding hydrogens is 342 g/mol. The van der Waals surface area contributed by atoms with Crippen LogP contribution in [-0.2, 0) is 11.2 Å². The van der Waals surface area contributed by atoms with Crippen molar-refractivity contribution in [2.45, 2.75) is 32.8 Å². The van der Waals surface area contributed by atoms with Crippen LogP contribution in [0.5, 0.6) is 5.75 Å². The number of hydrogen-bond acceptors (Lipinski definition) is 5. The van der Waals surface area contributed by atoms with Gasteiger partial charge in [-0.15, -0.1) is 0 Å². The number of carbonyl (C=O) groups excluding carboxylic acids is 1. The summed E-state index contributed by atoms with van der Waals surface area (Å²) in [5, 5.41) is 0. The molecule has 27 heavy (non-hydrogen) atoms. The van der Waals surface area contributed by atoms with E-state index < -0.39 is 5.60 Å². The summed E-state index contributed by atoms with van der Waals surface area (Å²) >= 11 is 0. The second-order valence-electron chi connectivity index (χ2n) is 8.35. The molecule has 1 fully saturated rings. The maximum atomic E-state index is 12.1. The highest BCUT2D eigenvalue weighted by Gasteiger charge is 2.25. The zero-order valence-electron chi connectivity index (χ0n) is 17.5. The first-order valence-corrected chi connectivity index (χ1v) is 9.80. The van der Waals surface area contributed by atoms with Gasteiger partial charge in [0.1, 0.15) is 18.0 Å². The van der Waals surface area contributed by atoms with Crippen LogP contribution < -0.4 is 4.74 Å². The van der Waals surface area contributed by atoms with Gasteiger partial charge in [0.15, 0.2) is 0 Å². The van der Waals surface area contributed by atoms with Crippen molar-refractivity contribution < 1.29 is 14.3 Å². The largest absolute Gasteiger partial charge is 0.492 e. The lowest BCUT2D eigenvalue weighted by atomic mass is 10.1. The van der Waals surface area contributed by atoms with Crippen LogP contribution in [0.3, 0.4) is 0 Å². The Kier molecular flexibility index (Phi) is 7.92. The lowest BCUT2D eigenvalue weighted by Crippen LogP contribution is -2.50. The lowest BCUT2D eigenvalue weighted by Gasteiger charge is -2.35. The third-order valence-corrected chi connectivity index (χ3v) is 4.47. The number of piperazine rings is 1. The van der Waals surface area contributed by atoms with Crippen LogP contribution in [0.2, 0.25) is 0 Å². The first-order chi connectivity index (χ1) is 12.7. The Hall–Kier alpha value is -1.79. The Morgan fingerprint density at radius 3 is 2.26 bits per heavy atom. The van der Waals surface area contributed by atoms with Crippen LogP contribution in [0.4, 0.5) is 4.79 Å². The summed E-state index contributed by atoms with van der Waals surface area (Å²) in [5.41, 5.74) is 0.876. The van der Waals surface area contributed by atoms with E-state index in [1.165, 1.54) is 5.56 Å². The Morgan fingerprint density at radius 2 is 1.70 bits per heavy atom. The minimum Gasteiger partial charge on any atom is -0.492 e. The molecule has 0 radical (unpaired) electrons. The van der Waals surface area contributed by atoms with Crippen LogP contribution in [-0.4, -0.2) is 86.4 Å². The number of hydrogen-bond donors (Lipinski definition) is 0. The van der Waals surface area contributed by atoms with Crippen molar-refractivity contribution in [1.29, 1.82) is 0 Å². The zero-order chi connectivity index (χ0) is 19.9. The van der Waals surface area contributed by atoms with E-state index in [0.29, 0.717) is 6.61 Å². The van der Waals surface area contributed by atoms with Crippen molar-refractivity contribution in [2.24, 2.45) is 0 Å². The van der Waals surface area contributed by atoms with Gasteiger partial charge >= 0.3 is 6.09 Å². The standard InChI is InChI=1S/C21H35N3O3/c1-21(2,3)27-20(25)24-14-12-23(13-15-24)11-10-18-6-8-19(9-7-18)26-17-16-22(4)5/h6-9H,10-17H2,1-5H3. The lowest BCUT2D eigenvalue weighted by molar-refractivity contribution is 0.0146. The average molecular weight is 378 g/mol. The minimum atomic E-state index is -0.434. The number of likely N-dealkylation sites (N-methyl/N-ethyl adjacent to an activating group) is 1. The smallest absolute Gasteiger partial charge is 0.410 e. The van der Waals surface area contributed by atoms with Crippen molar-refractivity contribution in [2.75, 3.05) is 60.0 Å². The van der Waals surface area contributed by atoms with Gasteiger partial charge in [-0.1, -0.05) is 12.1 Å². The molecule has 0 spiro atoms. The number of rotatable bonds is 7. The van der Waals surface area contributed by atoms with E-state index in [1.807, 2.05) is 51.9 Å². The molecule has 6 nitrogen and oxygen atoms in total. The summed E-state index contributed by atoms with van der Waals surface area (Å²) < 4.78 is 11.2. The van der Waals surface area contributed by atoms with Crippen LogP contribution in [0, 0.1) is 0 Å². The monoisotopic (exact) mass is 377 g/mol. The number of ether oxygens (including phenoxy) is 2. The van der Waals surface area contributed by atoms with E-state index in [4.69, 9.17) is 9.47 Å². The summed E-state index contributed by atoms with van der Waals surface area (Å²) in [4.78, 5) is 18.4. The van der Waals surface area contributed by atoms with Gasteiger partial charge in [0.25, 0.3) is 0 Å². The van der Waals surface area contributed by atoms with Crippen molar-refractivity contribution in [3.63, 3.8) is 0 Å². The summed E-state index contributed by atoms with van der Waals surface area (Å²) in [6.07, 6.45) is 0.803. The van der Waals surface area contributed by atoms with Gasteiger partial charge in [-0.05, 0) is 59.0 Å². The fraction of sp³-hybridized carbons (Fsp3) is 0.667. The Balaban J connectivity index is 1.68. The van der Waals surface area contributed by atoms with Crippen molar-refractivity contribution >= 4 is 6.09 Å². The van der Waals surface area contributed by atoms with Gasteiger partial charge in [0, 0.05) is 39.3 Å². The third kappa shape index (κ3) is 8.18. The Bertz CT molecular complexity index is 573.